The number of hydrogen-bond donors (Lipinski definition) is 1. The topological polar surface area (TPSA) is 69.7 Å². The standard InChI is InChI=1S/C26H32BN3O3/c1-26(2,3)22(28-25(27)33)24(32)30-16-10-15-21(30)23(31)29(17-19-11-6-4-7-12-19)18-20-13-8-5-9-14-20/h4-9,11-14,21-22H,10,15-18H2,1-3H3,(H,28,33)/t21-,22+/m0/s1. The number of hydrogen-bond acceptors (Lipinski definition) is 3. The van der Waals surface area contributed by atoms with Gasteiger partial charge in [0, 0.05) is 19.6 Å². The van der Waals surface area contributed by atoms with Crippen LogP contribution in [0.15, 0.2) is 60.7 Å². The first-order chi connectivity index (χ1) is 15.7. The second-order valence-electron chi connectivity index (χ2n) is 9.66. The molecule has 0 bridgehead atoms. The van der Waals surface area contributed by atoms with Crippen LogP contribution in [0.5, 0.6) is 0 Å². The highest BCUT2D eigenvalue weighted by Gasteiger charge is 2.42. The highest BCUT2D eigenvalue weighted by atomic mass is 16.2. The number of amides is 3. The Morgan fingerprint density at radius 2 is 1.52 bits per heavy atom. The number of carbonyl (C=O) groups is 3. The van der Waals surface area contributed by atoms with Crippen molar-refractivity contribution in [3.63, 3.8) is 0 Å². The SMILES string of the molecule is [B]C(=O)N[C@H](C(=O)N1CCC[C@H]1C(=O)N(Cc1ccccc1)Cc1ccccc1)C(C)(C)C. The molecular weight excluding hydrogens is 413 g/mol. The van der Waals surface area contributed by atoms with Gasteiger partial charge >= 0.3 is 0 Å². The molecule has 0 aliphatic carbocycles. The molecule has 7 heteroatoms. The van der Waals surface area contributed by atoms with Crippen LogP contribution < -0.4 is 5.32 Å². The van der Waals surface area contributed by atoms with Gasteiger partial charge in [0.2, 0.25) is 19.7 Å². The normalized spacial score (nSPS) is 16.8. The van der Waals surface area contributed by atoms with Crippen LogP contribution in [0.2, 0.25) is 0 Å². The number of nitrogens with zero attached hydrogens (tertiary/aromatic N) is 2. The minimum Gasteiger partial charge on any atom is -0.354 e. The molecule has 2 aromatic carbocycles. The van der Waals surface area contributed by atoms with Crippen molar-refractivity contribution in [2.24, 2.45) is 5.41 Å². The Bertz CT molecular complexity index is 918. The lowest BCUT2D eigenvalue weighted by Gasteiger charge is -2.36. The van der Waals surface area contributed by atoms with E-state index in [1.165, 1.54) is 0 Å². The van der Waals surface area contributed by atoms with E-state index in [2.05, 4.69) is 5.32 Å². The zero-order chi connectivity index (χ0) is 24.0. The molecule has 3 amide bonds. The minimum absolute atomic E-state index is 0.0831. The number of rotatable bonds is 7. The molecule has 2 radical (unpaired) electrons. The summed E-state index contributed by atoms with van der Waals surface area (Å²) in [6, 6.07) is 18.3. The van der Waals surface area contributed by atoms with Crippen molar-refractivity contribution in [2.75, 3.05) is 6.54 Å². The molecule has 0 saturated carbocycles. The third kappa shape index (κ3) is 6.47. The summed E-state index contributed by atoms with van der Waals surface area (Å²) in [4.78, 5) is 42.3. The van der Waals surface area contributed by atoms with Crippen LogP contribution in [0, 0.1) is 5.41 Å². The van der Waals surface area contributed by atoms with Gasteiger partial charge in [0.1, 0.15) is 12.1 Å². The molecule has 0 aromatic heterocycles. The second kappa shape index (κ2) is 10.7. The Balaban J connectivity index is 1.85. The Morgan fingerprint density at radius 3 is 1.97 bits per heavy atom. The molecule has 172 valence electrons. The summed E-state index contributed by atoms with van der Waals surface area (Å²) in [5.41, 5.74) is 1.51. The molecule has 1 aliphatic heterocycles. The summed E-state index contributed by atoms with van der Waals surface area (Å²) >= 11 is 0. The van der Waals surface area contributed by atoms with Crippen LogP contribution in [0.25, 0.3) is 0 Å². The summed E-state index contributed by atoms with van der Waals surface area (Å²) in [6.07, 6.45) is 1.33. The van der Waals surface area contributed by atoms with Crippen LogP contribution >= 0.6 is 0 Å². The van der Waals surface area contributed by atoms with E-state index in [-0.39, 0.29) is 11.8 Å². The zero-order valence-electron chi connectivity index (χ0n) is 19.7. The summed E-state index contributed by atoms with van der Waals surface area (Å²) in [5, 5.41) is 2.59. The monoisotopic (exact) mass is 445 g/mol. The first-order valence-corrected chi connectivity index (χ1v) is 11.4. The first kappa shape index (κ1) is 24.6. The van der Waals surface area contributed by atoms with E-state index in [9.17, 15) is 14.4 Å². The van der Waals surface area contributed by atoms with Gasteiger partial charge < -0.3 is 15.1 Å². The Hall–Kier alpha value is -3.09. The summed E-state index contributed by atoms with van der Waals surface area (Å²) < 4.78 is 0. The lowest BCUT2D eigenvalue weighted by Crippen LogP contribution is -2.57. The maximum absolute atomic E-state index is 13.8. The summed E-state index contributed by atoms with van der Waals surface area (Å²) in [5.74, 6) is -1.10. The van der Waals surface area contributed by atoms with Crippen LogP contribution in [0.4, 0.5) is 4.79 Å². The van der Waals surface area contributed by atoms with Crippen molar-refractivity contribution in [1.29, 1.82) is 0 Å². The maximum Gasteiger partial charge on any atom is 0.246 e. The summed E-state index contributed by atoms with van der Waals surface area (Å²) in [6.45, 7) is 7.00. The van der Waals surface area contributed by atoms with Gasteiger partial charge in [-0.05, 0) is 29.4 Å². The van der Waals surface area contributed by atoms with E-state index < -0.39 is 23.3 Å². The molecular formula is C26H32BN3O3. The fraction of sp³-hybridized carbons (Fsp3) is 0.423. The highest BCUT2D eigenvalue weighted by Crippen LogP contribution is 2.27. The van der Waals surface area contributed by atoms with Crippen LogP contribution in [-0.4, -0.2) is 53.9 Å². The number of nitrogens with one attached hydrogen (secondary N) is 1. The molecule has 2 atom stereocenters. The Labute approximate surface area is 197 Å². The van der Waals surface area contributed by atoms with Gasteiger partial charge in [-0.25, -0.2) is 0 Å². The molecule has 3 rings (SSSR count). The van der Waals surface area contributed by atoms with E-state index in [0.29, 0.717) is 26.1 Å². The van der Waals surface area contributed by atoms with Gasteiger partial charge in [0.05, 0.1) is 0 Å². The van der Waals surface area contributed by atoms with Crippen molar-refractivity contribution in [2.45, 2.75) is 58.8 Å². The Morgan fingerprint density at radius 1 is 1.00 bits per heavy atom. The molecule has 1 N–H and O–H groups in total. The zero-order valence-corrected chi connectivity index (χ0v) is 19.7. The fourth-order valence-electron chi connectivity index (χ4n) is 4.27. The largest absolute Gasteiger partial charge is 0.354 e. The van der Waals surface area contributed by atoms with Crippen molar-refractivity contribution in [3.05, 3.63) is 71.8 Å². The third-order valence-electron chi connectivity index (χ3n) is 5.96. The molecule has 2 aromatic rings. The van der Waals surface area contributed by atoms with Gasteiger partial charge in [0.25, 0.3) is 0 Å². The average molecular weight is 445 g/mol. The van der Waals surface area contributed by atoms with E-state index in [0.717, 1.165) is 17.5 Å². The molecule has 1 saturated heterocycles. The van der Waals surface area contributed by atoms with Crippen LogP contribution in [0.3, 0.4) is 0 Å². The molecule has 33 heavy (non-hydrogen) atoms. The molecule has 1 aliphatic rings. The number of likely N-dealkylation sites (tertiary alicyclic amines) is 1. The van der Waals surface area contributed by atoms with Crippen molar-refractivity contribution >= 4 is 25.5 Å². The first-order valence-electron chi connectivity index (χ1n) is 11.4. The predicted molar refractivity (Wildman–Crippen MR) is 129 cm³/mol. The van der Waals surface area contributed by atoms with E-state index in [1.54, 1.807) is 4.90 Å². The quantitative estimate of drug-likeness (QED) is 0.664. The molecule has 6 nitrogen and oxygen atoms in total. The third-order valence-corrected chi connectivity index (χ3v) is 5.96. The van der Waals surface area contributed by atoms with E-state index in [1.807, 2.05) is 86.3 Å². The van der Waals surface area contributed by atoms with Gasteiger partial charge in [-0.2, -0.15) is 0 Å². The molecule has 1 heterocycles. The van der Waals surface area contributed by atoms with Crippen molar-refractivity contribution in [3.8, 4) is 0 Å². The van der Waals surface area contributed by atoms with Crippen LogP contribution in [-0.2, 0) is 22.7 Å². The van der Waals surface area contributed by atoms with E-state index >= 15 is 0 Å². The van der Waals surface area contributed by atoms with Crippen molar-refractivity contribution < 1.29 is 14.4 Å². The summed E-state index contributed by atoms with van der Waals surface area (Å²) in [7, 11) is 5.35. The lowest BCUT2D eigenvalue weighted by atomic mass is 9.85. The molecule has 0 unspecified atom stereocenters. The fourth-order valence-corrected chi connectivity index (χ4v) is 4.27. The predicted octanol–water partition coefficient (Wildman–Crippen LogP) is 3.50. The second-order valence-corrected chi connectivity index (χ2v) is 9.66. The molecule has 0 spiro atoms. The van der Waals surface area contributed by atoms with Crippen molar-refractivity contribution in [1.82, 2.24) is 15.1 Å². The average Bonchev–Trinajstić information content (AvgIpc) is 3.26. The Kier molecular flexibility index (Phi) is 7.95. The van der Waals surface area contributed by atoms with Crippen LogP contribution in [0.1, 0.15) is 44.7 Å². The van der Waals surface area contributed by atoms with E-state index in [4.69, 9.17) is 7.85 Å². The van der Waals surface area contributed by atoms with Gasteiger partial charge in [-0.15, -0.1) is 0 Å². The smallest absolute Gasteiger partial charge is 0.246 e. The minimum atomic E-state index is -0.805. The lowest BCUT2D eigenvalue weighted by molar-refractivity contribution is -0.146. The maximum atomic E-state index is 13.8. The molecule has 1 fully saturated rings. The van der Waals surface area contributed by atoms with Gasteiger partial charge in [0.15, 0.2) is 5.81 Å². The van der Waals surface area contributed by atoms with Gasteiger partial charge in [-0.3, -0.25) is 14.4 Å². The number of benzene rings is 2. The van der Waals surface area contributed by atoms with Gasteiger partial charge in [-0.1, -0.05) is 81.4 Å². The number of carbonyl (C=O) groups excluding carboxylic acids is 3. The highest BCUT2D eigenvalue weighted by molar-refractivity contribution is 6.57.